The molecule has 7 aromatic rings. The van der Waals surface area contributed by atoms with Crippen molar-refractivity contribution >= 4 is 80.4 Å². The fourth-order valence-corrected chi connectivity index (χ4v) is 14.6. The Morgan fingerprint density at radius 1 is 0.590 bits per heavy atom. The Hall–Kier alpha value is -4.11. The smallest absolute Gasteiger partial charge is 0.197 e. The van der Waals surface area contributed by atoms with Gasteiger partial charge in [-0.25, -0.2) is 0 Å². The average Bonchev–Trinajstić information content (AvgIpc) is 2.97. The number of aromatic nitrogens is 1. The molecule has 3 nitrogen and oxygen atoms in total. The van der Waals surface area contributed by atoms with Gasteiger partial charge in [0.1, 0.15) is 8.07 Å². The molecule has 5 heteroatoms. The van der Waals surface area contributed by atoms with Gasteiger partial charge in [0.15, 0.2) is 10.9 Å². The highest BCUT2D eigenvalue weighted by Crippen LogP contribution is 2.37. The summed E-state index contributed by atoms with van der Waals surface area (Å²) < 4.78 is 2.17. The van der Waals surface area contributed by atoms with Gasteiger partial charge in [0.2, 0.25) is 0 Å². The maximum absolute atomic E-state index is 14.6. The van der Waals surface area contributed by atoms with Crippen molar-refractivity contribution in [1.29, 1.82) is 0 Å². The number of fused-ring (bicyclic) bond motifs is 7. The van der Waals surface area contributed by atoms with Crippen molar-refractivity contribution < 1.29 is 0 Å². The van der Waals surface area contributed by atoms with Gasteiger partial charge in [0.05, 0.1) is 16.6 Å². The van der Waals surface area contributed by atoms with Crippen LogP contribution in [0.1, 0.15) is 0 Å². The summed E-state index contributed by atoms with van der Waals surface area (Å²) in [6.45, 7) is 4.77. The molecule has 0 fully saturated rings. The molecule has 186 valence electrons. The highest BCUT2D eigenvalue weighted by molar-refractivity contribution is 7.81. The summed E-state index contributed by atoms with van der Waals surface area (Å²) in [4.78, 5) is 28.1. The molecule has 1 aliphatic heterocycles. The van der Waals surface area contributed by atoms with Crippen LogP contribution < -0.4 is 37.1 Å². The second-order valence-corrected chi connectivity index (χ2v) is 17.3. The van der Waals surface area contributed by atoms with E-state index in [-0.39, 0.29) is 10.9 Å². The largest absolute Gasteiger partial charge is 0.308 e. The van der Waals surface area contributed by atoms with Crippen LogP contribution in [0.4, 0.5) is 0 Å². The van der Waals surface area contributed by atoms with Crippen LogP contribution in [0.15, 0.2) is 119 Å². The Kier molecular flexibility index (Phi) is 4.66. The summed E-state index contributed by atoms with van der Waals surface area (Å²) in [6.07, 6.45) is 0. The van der Waals surface area contributed by atoms with E-state index < -0.39 is 16.0 Å². The Labute approximate surface area is 227 Å². The van der Waals surface area contributed by atoms with E-state index in [0.717, 1.165) is 21.9 Å². The average molecular weight is 538 g/mol. The first-order chi connectivity index (χ1) is 19.0. The van der Waals surface area contributed by atoms with Gasteiger partial charge in [0, 0.05) is 21.5 Å². The molecule has 1 atom stereocenters. The van der Waals surface area contributed by atoms with Crippen LogP contribution in [0.2, 0.25) is 13.1 Å². The number of hydrogen-bond acceptors (Lipinski definition) is 2. The van der Waals surface area contributed by atoms with E-state index in [1.807, 2.05) is 42.5 Å². The third kappa shape index (κ3) is 2.91. The number of rotatable bonds is 1. The monoisotopic (exact) mass is 537 g/mol. The fraction of sp³-hybridized carbons (Fsp3) is 0.0588. The van der Waals surface area contributed by atoms with E-state index >= 15 is 0 Å². The molecule has 1 unspecified atom stereocenters. The molecule has 3 heterocycles. The lowest BCUT2D eigenvalue weighted by Gasteiger charge is -2.39. The zero-order valence-electron chi connectivity index (χ0n) is 21.6. The van der Waals surface area contributed by atoms with Gasteiger partial charge in [-0.2, -0.15) is 0 Å². The van der Waals surface area contributed by atoms with E-state index in [4.69, 9.17) is 0 Å². The molecule has 8 rings (SSSR count). The van der Waals surface area contributed by atoms with E-state index in [9.17, 15) is 9.59 Å². The van der Waals surface area contributed by atoms with Crippen LogP contribution in [0.25, 0.3) is 38.1 Å². The summed E-state index contributed by atoms with van der Waals surface area (Å²) in [6, 6.07) is 37.4. The van der Waals surface area contributed by atoms with E-state index in [2.05, 4.69) is 84.2 Å². The van der Waals surface area contributed by atoms with Crippen LogP contribution >= 0.6 is 7.92 Å². The third-order valence-corrected chi connectivity index (χ3v) is 15.0. The summed E-state index contributed by atoms with van der Waals surface area (Å²) in [7, 11) is -3.11. The number of benzene rings is 5. The Balaban J connectivity index is 1.64. The van der Waals surface area contributed by atoms with Crippen LogP contribution in [-0.4, -0.2) is 12.5 Å². The first-order valence-electron chi connectivity index (χ1n) is 13.2. The van der Waals surface area contributed by atoms with Crippen molar-refractivity contribution in [2.75, 3.05) is 0 Å². The van der Waals surface area contributed by atoms with E-state index in [0.29, 0.717) is 16.2 Å². The normalized spacial score (nSPS) is 16.1. The SMILES string of the molecule is C[Si]1(C)c2ccccc2P(c2ccccc2)c2ccc3c(c21)c(=O)c1cccc2c(=O)c4ccccc4n3c21. The Bertz CT molecular complexity index is 2260. The third-order valence-electron chi connectivity index (χ3n) is 8.47. The number of nitrogens with zero attached hydrogens (tertiary/aromatic N) is 1. The predicted molar refractivity (Wildman–Crippen MR) is 169 cm³/mol. The summed E-state index contributed by atoms with van der Waals surface area (Å²) in [5.41, 5.74) is 2.47. The van der Waals surface area contributed by atoms with Crippen molar-refractivity contribution in [3.05, 3.63) is 130 Å². The van der Waals surface area contributed by atoms with Crippen LogP contribution in [0.5, 0.6) is 0 Å². The standard InChI is InChI=1S/C34H24NO2PSi/c1-39(2)29-18-9-8-17-27(29)38(21-11-4-3-5-12-21)28-20-19-26-30(34(28)39)33(37)24-15-10-14-23-31(24)35(26)25-16-7-6-13-22(25)32(23)36/h3-20H,1-2H3. The molecule has 1 aliphatic rings. The topological polar surface area (TPSA) is 38.5 Å². The molecule has 2 aromatic heterocycles. The van der Waals surface area contributed by atoms with Crippen molar-refractivity contribution in [2.45, 2.75) is 13.1 Å². The van der Waals surface area contributed by atoms with Gasteiger partial charge >= 0.3 is 0 Å². The van der Waals surface area contributed by atoms with Gasteiger partial charge in [-0.05, 0) is 64.5 Å². The van der Waals surface area contributed by atoms with Crippen molar-refractivity contribution in [2.24, 2.45) is 0 Å². The molecule has 5 aromatic carbocycles. The second-order valence-electron chi connectivity index (χ2n) is 10.9. The molecule has 0 bridgehead atoms. The van der Waals surface area contributed by atoms with Gasteiger partial charge in [-0.1, -0.05) is 92.0 Å². The van der Waals surface area contributed by atoms with Crippen molar-refractivity contribution in [1.82, 2.24) is 4.40 Å². The molecule has 0 saturated carbocycles. The number of para-hydroxylation sites is 2. The second kappa shape index (κ2) is 7.95. The van der Waals surface area contributed by atoms with Crippen LogP contribution in [0, 0.1) is 0 Å². The first-order valence-corrected chi connectivity index (χ1v) is 17.6. The quantitative estimate of drug-likeness (QED) is 0.134. The minimum atomic E-state index is -2.29. The number of hydrogen-bond donors (Lipinski definition) is 0. The van der Waals surface area contributed by atoms with Crippen LogP contribution in [0.3, 0.4) is 0 Å². The number of pyridine rings is 2. The van der Waals surface area contributed by atoms with Gasteiger partial charge in [-0.15, -0.1) is 0 Å². The zero-order chi connectivity index (χ0) is 26.5. The van der Waals surface area contributed by atoms with Gasteiger partial charge < -0.3 is 4.40 Å². The highest BCUT2D eigenvalue weighted by Gasteiger charge is 2.41. The molecule has 0 spiro atoms. The lowest BCUT2D eigenvalue weighted by Crippen LogP contribution is -2.66. The maximum atomic E-state index is 14.6. The summed E-state index contributed by atoms with van der Waals surface area (Å²) in [5.74, 6) is 0. The molecule has 0 amide bonds. The van der Waals surface area contributed by atoms with Crippen molar-refractivity contribution in [3.8, 4) is 0 Å². The summed E-state index contributed by atoms with van der Waals surface area (Å²) >= 11 is 0. The van der Waals surface area contributed by atoms with Gasteiger partial charge in [0.25, 0.3) is 0 Å². The molecule has 0 aliphatic carbocycles. The predicted octanol–water partition coefficient (Wildman–Crippen LogP) is 4.45. The van der Waals surface area contributed by atoms with Gasteiger partial charge in [-0.3, -0.25) is 9.59 Å². The van der Waals surface area contributed by atoms with E-state index in [1.165, 1.54) is 26.3 Å². The molecular weight excluding hydrogens is 513 g/mol. The van der Waals surface area contributed by atoms with E-state index in [1.54, 1.807) is 0 Å². The lowest BCUT2D eigenvalue weighted by atomic mass is 10.0. The highest BCUT2D eigenvalue weighted by atomic mass is 31.1. The summed E-state index contributed by atoms with van der Waals surface area (Å²) in [5, 5.41) is 9.34. The maximum Gasteiger partial charge on any atom is 0.197 e. The molecule has 0 N–H and O–H groups in total. The first kappa shape index (κ1) is 22.8. The van der Waals surface area contributed by atoms with Crippen LogP contribution in [-0.2, 0) is 0 Å². The molecule has 0 saturated heterocycles. The molecule has 39 heavy (non-hydrogen) atoms. The van der Waals surface area contributed by atoms with Crippen molar-refractivity contribution in [3.63, 3.8) is 0 Å². The Morgan fingerprint density at radius 3 is 2.08 bits per heavy atom. The molecular formula is C34H24NO2PSi. The lowest BCUT2D eigenvalue weighted by molar-refractivity contribution is 1.31. The zero-order valence-corrected chi connectivity index (χ0v) is 23.5. The minimum Gasteiger partial charge on any atom is -0.308 e. The Morgan fingerprint density at radius 2 is 1.26 bits per heavy atom. The fourth-order valence-electron chi connectivity index (χ4n) is 6.79. The minimum absolute atomic E-state index is 0.0239. The molecule has 0 radical (unpaired) electrons.